The van der Waals surface area contributed by atoms with Crippen LogP contribution in [0.1, 0.15) is 85.8 Å². The topological polar surface area (TPSA) is 109 Å². The van der Waals surface area contributed by atoms with E-state index >= 15 is 0 Å². The molecule has 54 heavy (non-hydrogen) atoms. The van der Waals surface area contributed by atoms with Crippen LogP contribution in [-0.2, 0) is 21.9 Å². The van der Waals surface area contributed by atoms with E-state index in [4.69, 9.17) is 9.47 Å². The molecule has 2 amide bonds. The number of hydrogen-bond donors (Lipinski definition) is 1. The fourth-order valence-corrected chi connectivity index (χ4v) is 7.50. The highest BCUT2D eigenvalue weighted by molar-refractivity contribution is 7.10. The van der Waals surface area contributed by atoms with Crippen LogP contribution in [0.2, 0.25) is 0 Å². The number of rotatable bonds is 12. The molecule has 1 aromatic carbocycles. The number of halogens is 6. The van der Waals surface area contributed by atoms with Crippen LogP contribution in [-0.4, -0.2) is 75.6 Å². The van der Waals surface area contributed by atoms with E-state index < -0.39 is 63.3 Å². The Morgan fingerprint density at radius 1 is 1.04 bits per heavy atom. The standard InChI is InChI=1S/C38H41F6N3O6S/c1-4-9-29-36(53-25-22-30(54-23-25)38(42,43)44,15-8-18-47(29)32(48)31-27(37(39,40)41)11-7-17-45-31)33(49)46-19-13-24(14-20-46)26-10-5-6-12-28(26)52-21-16-35(2,3)34(50)51/h5-7,10-13,17,22-23,29H,4,8-9,14-16,18-21H2,1-3H3,(H,50,51)/t29-,36+/m1/s1. The van der Waals surface area contributed by atoms with Gasteiger partial charge < -0.3 is 24.4 Å². The second kappa shape index (κ2) is 16.0. The van der Waals surface area contributed by atoms with Gasteiger partial charge in [0.25, 0.3) is 11.8 Å². The van der Waals surface area contributed by atoms with Crippen molar-refractivity contribution < 1.29 is 55.3 Å². The predicted octanol–water partition coefficient (Wildman–Crippen LogP) is 8.60. The molecule has 0 aliphatic carbocycles. The van der Waals surface area contributed by atoms with Gasteiger partial charge in [-0.05, 0) is 63.3 Å². The average Bonchev–Trinajstić information content (AvgIpc) is 3.61. The predicted molar refractivity (Wildman–Crippen MR) is 188 cm³/mol. The summed E-state index contributed by atoms with van der Waals surface area (Å²) < 4.78 is 95.4. The molecule has 1 saturated heterocycles. The summed E-state index contributed by atoms with van der Waals surface area (Å²) in [6, 6.07) is 8.64. The Morgan fingerprint density at radius 3 is 2.41 bits per heavy atom. The van der Waals surface area contributed by atoms with Crippen LogP contribution >= 0.6 is 11.3 Å². The molecule has 0 radical (unpaired) electrons. The number of thiophene rings is 1. The summed E-state index contributed by atoms with van der Waals surface area (Å²) >= 11 is 0.381. The minimum absolute atomic E-state index is 0.0116. The lowest BCUT2D eigenvalue weighted by atomic mass is 9.79. The summed E-state index contributed by atoms with van der Waals surface area (Å²) in [5, 5.41) is 10.6. The number of carboxylic acids is 1. The summed E-state index contributed by atoms with van der Waals surface area (Å²) in [5.74, 6) is -2.33. The van der Waals surface area contributed by atoms with E-state index in [1.165, 1.54) is 4.90 Å². The highest BCUT2D eigenvalue weighted by atomic mass is 32.1. The molecular weight excluding hydrogens is 740 g/mol. The number of ether oxygens (including phenoxy) is 2. The number of aliphatic carboxylic acids is 1. The maximum Gasteiger partial charge on any atom is 0.425 e. The molecule has 16 heteroatoms. The van der Waals surface area contributed by atoms with Gasteiger partial charge in [-0.15, -0.1) is 11.3 Å². The Labute approximate surface area is 312 Å². The van der Waals surface area contributed by atoms with Crippen molar-refractivity contribution in [3.05, 3.63) is 81.8 Å². The van der Waals surface area contributed by atoms with E-state index in [1.54, 1.807) is 32.9 Å². The molecule has 0 spiro atoms. The molecule has 2 atom stereocenters. The molecule has 5 rings (SSSR count). The van der Waals surface area contributed by atoms with E-state index in [0.29, 0.717) is 29.9 Å². The van der Waals surface area contributed by atoms with Crippen molar-refractivity contribution in [1.82, 2.24) is 14.8 Å². The average molecular weight is 782 g/mol. The minimum Gasteiger partial charge on any atom is -0.493 e. The molecule has 0 saturated carbocycles. The van der Waals surface area contributed by atoms with Crippen LogP contribution in [0, 0.1) is 5.41 Å². The van der Waals surface area contributed by atoms with Crippen LogP contribution in [0.4, 0.5) is 26.3 Å². The SMILES string of the molecule is CCC[C@H]1N(C(=O)c2ncccc2C(F)(F)F)CCC[C@@]1(Oc1csc(C(F)(F)F)c1)C(=O)N1CC=C(c2ccccc2OCCC(C)(C)C(=O)O)CC1. The molecule has 4 heterocycles. The number of pyridine rings is 1. The van der Waals surface area contributed by atoms with Crippen molar-refractivity contribution in [1.29, 1.82) is 0 Å². The molecular formula is C38H41F6N3O6S. The lowest BCUT2D eigenvalue weighted by molar-refractivity contribution is -0.159. The first-order valence-electron chi connectivity index (χ1n) is 17.5. The third-order valence-electron chi connectivity index (χ3n) is 9.81. The van der Waals surface area contributed by atoms with Crippen LogP contribution < -0.4 is 9.47 Å². The molecule has 2 aromatic heterocycles. The number of nitrogens with zero attached hydrogens (tertiary/aromatic N) is 3. The number of carboxylic acid groups (broad SMARTS) is 1. The van der Waals surface area contributed by atoms with E-state index in [9.17, 15) is 45.8 Å². The van der Waals surface area contributed by atoms with Gasteiger partial charge in [-0.3, -0.25) is 19.4 Å². The maximum absolute atomic E-state index is 14.8. The van der Waals surface area contributed by atoms with E-state index in [1.807, 2.05) is 18.2 Å². The normalized spacial score (nSPS) is 19.6. The van der Waals surface area contributed by atoms with Crippen molar-refractivity contribution in [3.63, 3.8) is 0 Å². The van der Waals surface area contributed by atoms with Crippen molar-refractivity contribution in [2.75, 3.05) is 26.2 Å². The number of carbonyl (C=O) groups is 3. The van der Waals surface area contributed by atoms with Crippen molar-refractivity contribution >= 4 is 34.7 Å². The Balaban J connectivity index is 1.48. The smallest absolute Gasteiger partial charge is 0.425 e. The Hall–Kier alpha value is -4.60. The second-order valence-corrected chi connectivity index (χ2v) is 14.9. The molecule has 292 valence electrons. The van der Waals surface area contributed by atoms with E-state index in [0.717, 1.165) is 45.8 Å². The van der Waals surface area contributed by atoms with Crippen molar-refractivity contribution in [2.45, 2.75) is 83.3 Å². The highest BCUT2D eigenvalue weighted by Gasteiger charge is 2.56. The zero-order chi connectivity index (χ0) is 39.5. The summed E-state index contributed by atoms with van der Waals surface area (Å²) in [7, 11) is 0. The van der Waals surface area contributed by atoms with Crippen LogP contribution in [0.25, 0.3) is 5.57 Å². The summed E-state index contributed by atoms with van der Waals surface area (Å²) in [6.45, 7) is 5.30. The van der Waals surface area contributed by atoms with Gasteiger partial charge in [-0.1, -0.05) is 37.6 Å². The molecule has 0 bridgehead atoms. The van der Waals surface area contributed by atoms with E-state index in [2.05, 4.69) is 4.98 Å². The molecule has 1 fully saturated rings. The van der Waals surface area contributed by atoms with E-state index in [-0.39, 0.29) is 57.7 Å². The van der Waals surface area contributed by atoms with Gasteiger partial charge in [0, 0.05) is 49.3 Å². The number of alkyl halides is 6. The fraction of sp³-hybridized carbons (Fsp3) is 0.474. The fourth-order valence-electron chi connectivity index (χ4n) is 6.82. The highest BCUT2D eigenvalue weighted by Crippen LogP contribution is 2.43. The van der Waals surface area contributed by atoms with Crippen LogP contribution in [0.3, 0.4) is 0 Å². The largest absolute Gasteiger partial charge is 0.493 e. The monoisotopic (exact) mass is 781 g/mol. The lowest BCUT2D eigenvalue weighted by Gasteiger charge is -2.50. The van der Waals surface area contributed by atoms with Crippen LogP contribution in [0.15, 0.2) is 60.1 Å². The number of benzene rings is 1. The van der Waals surface area contributed by atoms with Gasteiger partial charge in [0.15, 0.2) is 0 Å². The van der Waals surface area contributed by atoms with Crippen molar-refractivity contribution in [3.8, 4) is 11.5 Å². The maximum atomic E-state index is 14.8. The Morgan fingerprint density at radius 2 is 1.78 bits per heavy atom. The number of para-hydroxylation sites is 1. The summed E-state index contributed by atoms with van der Waals surface area (Å²) in [5.41, 5.74) is -3.44. The van der Waals surface area contributed by atoms with Gasteiger partial charge in [-0.2, -0.15) is 26.3 Å². The number of aromatic nitrogens is 1. The summed E-state index contributed by atoms with van der Waals surface area (Å²) in [6.07, 6.45) is -5.55. The number of piperidine rings is 1. The molecule has 1 N–H and O–H groups in total. The molecule has 2 aliphatic heterocycles. The summed E-state index contributed by atoms with van der Waals surface area (Å²) in [4.78, 5) is 45.9. The first-order valence-corrected chi connectivity index (χ1v) is 18.4. The van der Waals surface area contributed by atoms with Gasteiger partial charge in [0.1, 0.15) is 22.1 Å². The quantitative estimate of drug-likeness (QED) is 0.184. The molecule has 3 aromatic rings. The third kappa shape index (κ3) is 8.68. The first kappa shape index (κ1) is 40.6. The minimum atomic E-state index is -4.90. The lowest BCUT2D eigenvalue weighted by Crippen LogP contribution is -2.68. The van der Waals surface area contributed by atoms with Gasteiger partial charge >= 0.3 is 18.3 Å². The Kier molecular flexibility index (Phi) is 12.0. The third-order valence-corrected chi connectivity index (χ3v) is 10.8. The Bertz CT molecular complexity index is 1880. The number of amides is 2. The zero-order valence-electron chi connectivity index (χ0n) is 29.9. The molecule has 0 unspecified atom stereocenters. The number of hydrogen-bond acceptors (Lipinski definition) is 7. The number of carbonyl (C=O) groups excluding carboxylic acids is 2. The van der Waals surface area contributed by atoms with Crippen LogP contribution in [0.5, 0.6) is 11.5 Å². The zero-order valence-corrected chi connectivity index (χ0v) is 30.7. The van der Waals surface area contributed by atoms with Gasteiger partial charge in [-0.25, -0.2) is 0 Å². The number of likely N-dealkylation sites (tertiary alicyclic amines) is 1. The van der Waals surface area contributed by atoms with Gasteiger partial charge in [0.05, 0.1) is 23.6 Å². The second-order valence-electron chi connectivity index (χ2n) is 14.0. The molecule has 2 aliphatic rings. The van der Waals surface area contributed by atoms with Gasteiger partial charge in [0.2, 0.25) is 5.60 Å². The first-order chi connectivity index (χ1) is 25.4. The van der Waals surface area contributed by atoms with Crippen molar-refractivity contribution in [2.24, 2.45) is 5.41 Å². The molecule has 9 nitrogen and oxygen atoms in total.